The third kappa shape index (κ3) is 4.45. The zero-order valence-corrected chi connectivity index (χ0v) is 11.5. The molecule has 0 fully saturated rings. The predicted octanol–water partition coefficient (Wildman–Crippen LogP) is 1.80. The number of nitrogens with two attached hydrogens (primary N) is 1. The summed E-state index contributed by atoms with van der Waals surface area (Å²) < 4.78 is 0. The van der Waals surface area contributed by atoms with Gasteiger partial charge >= 0.3 is 0 Å². The molecule has 1 atom stereocenters. The molecule has 18 heavy (non-hydrogen) atoms. The zero-order chi connectivity index (χ0) is 13.5. The SMILES string of the molecule is CCN(Cc1ccncc1)C(=O)[C@@H](N)CC(C)C. The second-order valence-corrected chi connectivity index (χ2v) is 4.94. The highest BCUT2D eigenvalue weighted by atomic mass is 16.2. The van der Waals surface area contributed by atoms with Crippen molar-refractivity contribution in [3.05, 3.63) is 30.1 Å². The van der Waals surface area contributed by atoms with Crippen LogP contribution < -0.4 is 5.73 Å². The first-order chi connectivity index (χ1) is 8.54. The smallest absolute Gasteiger partial charge is 0.239 e. The molecule has 2 N–H and O–H groups in total. The Bertz CT molecular complexity index is 365. The van der Waals surface area contributed by atoms with Gasteiger partial charge in [-0.15, -0.1) is 0 Å². The minimum absolute atomic E-state index is 0.0306. The number of pyridine rings is 1. The van der Waals surface area contributed by atoms with Gasteiger partial charge in [0.05, 0.1) is 6.04 Å². The van der Waals surface area contributed by atoms with Crippen molar-refractivity contribution >= 4 is 5.91 Å². The van der Waals surface area contributed by atoms with Crippen LogP contribution in [0.15, 0.2) is 24.5 Å². The summed E-state index contributed by atoms with van der Waals surface area (Å²) in [5.74, 6) is 0.464. The van der Waals surface area contributed by atoms with Gasteiger partial charge in [0, 0.05) is 25.5 Å². The van der Waals surface area contributed by atoms with Crippen LogP contribution in [0.25, 0.3) is 0 Å². The van der Waals surface area contributed by atoms with Crippen molar-refractivity contribution in [1.29, 1.82) is 0 Å². The number of hydrogen-bond acceptors (Lipinski definition) is 3. The van der Waals surface area contributed by atoms with Crippen molar-refractivity contribution in [2.75, 3.05) is 6.54 Å². The molecular weight excluding hydrogens is 226 g/mol. The third-order valence-corrected chi connectivity index (χ3v) is 2.86. The van der Waals surface area contributed by atoms with E-state index in [2.05, 4.69) is 18.8 Å². The number of hydrogen-bond donors (Lipinski definition) is 1. The Morgan fingerprint density at radius 3 is 2.50 bits per heavy atom. The number of nitrogens with zero attached hydrogens (tertiary/aromatic N) is 2. The van der Waals surface area contributed by atoms with Crippen LogP contribution in [-0.4, -0.2) is 28.4 Å². The van der Waals surface area contributed by atoms with Gasteiger partial charge in [0.15, 0.2) is 0 Å². The van der Waals surface area contributed by atoms with Gasteiger partial charge in [-0.05, 0) is 37.0 Å². The fourth-order valence-electron chi connectivity index (χ4n) is 1.90. The average Bonchev–Trinajstić information content (AvgIpc) is 2.35. The Labute approximate surface area is 109 Å². The maximum Gasteiger partial charge on any atom is 0.239 e. The van der Waals surface area contributed by atoms with E-state index >= 15 is 0 Å². The highest BCUT2D eigenvalue weighted by Crippen LogP contribution is 2.09. The minimum Gasteiger partial charge on any atom is -0.337 e. The van der Waals surface area contributed by atoms with Crippen LogP contribution in [0.2, 0.25) is 0 Å². The first-order valence-electron chi connectivity index (χ1n) is 6.47. The van der Waals surface area contributed by atoms with E-state index in [0.29, 0.717) is 19.0 Å². The second kappa shape index (κ2) is 7.11. The van der Waals surface area contributed by atoms with Gasteiger partial charge in [-0.25, -0.2) is 0 Å². The topological polar surface area (TPSA) is 59.2 Å². The van der Waals surface area contributed by atoms with Crippen molar-refractivity contribution in [1.82, 2.24) is 9.88 Å². The first kappa shape index (κ1) is 14.6. The first-order valence-corrected chi connectivity index (χ1v) is 6.47. The molecule has 1 amide bonds. The number of aromatic nitrogens is 1. The molecule has 4 heteroatoms. The van der Waals surface area contributed by atoms with Crippen LogP contribution in [0.3, 0.4) is 0 Å². The molecule has 1 aromatic heterocycles. The van der Waals surface area contributed by atoms with Crippen molar-refractivity contribution in [2.24, 2.45) is 11.7 Å². The number of likely N-dealkylation sites (N-methyl/N-ethyl adjacent to an activating group) is 1. The molecule has 0 unspecified atom stereocenters. The maximum atomic E-state index is 12.2. The third-order valence-electron chi connectivity index (χ3n) is 2.86. The van der Waals surface area contributed by atoms with E-state index in [4.69, 9.17) is 5.73 Å². The van der Waals surface area contributed by atoms with E-state index in [1.165, 1.54) is 0 Å². The van der Waals surface area contributed by atoms with Crippen LogP contribution in [-0.2, 0) is 11.3 Å². The van der Waals surface area contributed by atoms with Gasteiger partial charge in [0.1, 0.15) is 0 Å². The van der Waals surface area contributed by atoms with Gasteiger partial charge in [-0.3, -0.25) is 9.78 Å². The monoisotopic (exact) mass is 249 g/mol. The van der Waals surface area contributed by atoms with Crippen LogP contribution in [0.5, 0.6) is 0 Å². The average molecular weight is 249 g/mol. The molecule has 4 nitrogen and oxygen atoms in total. The fourth-order valence-corrected chi connectivity index (χ4v) is 1.90. The molecule has 0 aliphatic rings. The molecule has 0 saturated heterocycles. The Hall–Kier alpha value is -1.42. The van der Waals surface area contributed by atoms with Crippen LogP contribution >= 0.6 is 0 Å². The number of amides is 1. The molecule has 0 radical (unpaired) electrons. The normalized spacial score (nSPS) is 12.5. The Balaban J connectivity index is 2.63. The zero-order valence-electron chi connectivity index (χ0n) is 11.5. The maximum absolute atomic E-state index is 12.2. The van der Waals surface area contributed by atoms with Crippen molar-refractivity contribution < 1.29 is 4.79 Å². The van der Waals surface area contributed by atoms with E-state index in [1.807, 2.05) is 19.1 Å². The van der Waals surface area contributed by atoms with Crippen molar-refractivity contribution in [3.8, 4) is 0 Å². The van der Waals surface area contributed by atoms with Crippen molar-refractivity contribution in [3.63, 3.8) is 0 Å². The van der Waals surface area contributed by atoms with Crippen LogP contribution in [0.4, 0.5) is 0 Å². The number of carbonyl (C=O) groups excluding carboxylic acids is 1. The number of carbonyl (C=O) groups is 1. The highest BCUT2D eigenvalue weighted by Gasteiger charge is 2.20. The Morgan fingerprint density at radius 2 is 2.00 bits per heavy atom. The second-order valence-electron chi connectivity index (χ2n) is 4.94. The van der Waals surface area contributed by atoms with E-state index in [9.17, 15) is 4.79 Å². The molecule has 0 bridgehead atoms. The summed E-state index contributed by atoms with van der Waals surface area (Å²) in [4.78, 5) is 18.0. The minimum atomic E-state index is -0.396. The van der Waals surface area contributed by atoms with Crippen LogP contribution in [0, 0.1) is 5.92 Å². The Morgan fingerprint density at radius 1 is 1.39 bits per heavy atom. The molecule has 1 heterocycles. The summed E-state index contributed by atoms with van der Waals surface area (Å²) in [5, 5.41) is 0. The summed E-state index contributed by atoms with van der Waals surface area (Å²) in [7, 11) is 0. The van der Waals surface area contributed by atoms with Crippen molar-refractivity contribution in [2.45, 2.75) is 39.8 Å². The quantitative estimate of drug-likeness (QED) is 0.836. The summed E-state index contributed by atoms with van der Waals surface area (Å²) >= 11 is 0. The summed E-state index contributed by atoms with van der Waals surface area (Å²) in [6.45, 7) is 7.40. The highest BCUT2D eigenvalue weighted by molar-refractivity contribution is 5.81. The molecule has 0 saturated carbocycles. The van der Waals surface area contributed by atoms with Gasteiger partial charge in [-0.2, -0.15) is 0 Å². The van der Waals surface area contributed by atoms with E-state index < -0.39 is 6.04 Å². The molecule has 0 aliphatic carbocycles. The lowest BCUT2D eigenvalue weighted by molar-refractivity contribution is -0.133. The van der Waals surface area contributed by atoms with E-state index in [0.717, 1.165) is 12.0 Å². The molecule has 0 spiro atoms. The van der Waals surface area contributed by atoms with Gasteiger partial charge < -0.3 is 10.6 Å². The molecule has 1 aromatic rings. The van der Waals surface area contributed by atoms with Gasteiger partial charge in [0.25, 0.3) is 0 Å². The van der Waals surface area contributed by atoms with E-state index in [1.54, 1.807) is 17.3 Å². The summed E-state index contributed by atoms with van der Waals surface area (Å²) in [5.41, 5.74) is 7.03. The lowest BCUT2D eigenvalue weighted by Crippen LogP contribution is -2.43. The van der Waals surface area contributed by atoms with Gasteiger partial charge in [-0.1, -0.05) is 13.8 Å². The number of rotatable bonds is 6. The van der Waals surface area contributed by atoms with Gasteiger partial charge in [0.2, 0.25) is 5.91 Å². The molecule has 0 aromatic carbocycles. The standard InChI is InChI=1S/C14H23N3O/c1-4-17(10-12-5-7-16-8-6-12)14(18)13(15)9-11(2)3/h5-8,11,13H,4,9-10,15H2,1-3H3/t13-/m0/s1. The molecule has 1 rings (SSSR count). The fraction of sp³-hybridized carbons (Fsp3) is 0.571. The lowest BCUT2D eigenvalue weighted by Gasteiger charge is -2.25. The largest absolute Gasteiger partial charge is 0.337 e. The summed E-state index contributed by atoms with van der Waals surface area (Å²) in [6.07, 6.45) is 4.20. The Kier molecular flexibility index (Phi) is 5.78. The molecular formula is C14H23N3O. The van der Waals surface area contributed by atoms with E-state index in [-0.39, 0.29) is 5.91 Å². The molecule has 100 valence electrons. The van der Waals surface area contributed by atoms with Crippen LogP contribution in [0.1, 0.15) is 32.8 Å². The predicted molar refractivity (Wildman–Crippen MR) is 72.8 cm³/mol. The molecule has 0 aliphatic heterocycles. The summed E-state index contributed by atoms with van der Waals surface area (Å²) in [6, 6.07) is 3.44. The lowest BCUT2D eigenvalue weighted by atomic mass is 10.0.